The number of aromatic nitrogens is 3. The summed E-state index contributed by atoms with van der Waals surface area (Å²) in [6.07, 6.45) is 0.685. The fourth-order valence-electron chi connectivity index (χ4n) is 4.66. The highest BCUT2D eigenvalue weighted by Crippen LogP contribution is 2.32. The van der Waals surface area contributed by atoms with Crippen LogP contribution in [0.2, 0.25) is 0 Å². The minimum atomic E-state index is -2.96. The zero-order valence-electron chi connectivity index (χ0n) is 19.6. The summed E-state index contributed by atoms with van der Waals surface area (Å²) >= 11 is 0. The second-order valence-corrected chi connectivity index (χ2v) is 8.76. The third-order valence-corrected chi connectivity index (χ3v) is 6.38. The van der Waals surface area contributed by atoms with Crippen molar-refractivity contribution in [3.8, 4) is 0 Å². The summed E-state index contributed by atoms with van der Waals surface area (Å²) < 4.78 is 42.9. The number of amides is 1. The van der Waals surface area contributed by atoms with Crippen LogP contribution in [0.4, 0.5) is 19.0 Å². The average Bonchev–Trinajstić information content (AvgIpc) is 3.18. The topological polar surface area (TPSA) is 80.1 Å². The van der Waals surface area contributed by atoms with Gasteiger partial charge in [0.05, 0.1) is 28.6 Å². The number of benzene rings is 1. The number of pyridine rings is 1. The van der Waals surface area contributed by atoms with Gasteiger partial charge < -0.3 is 14.8 Å². The SMILES string of the molecule is C=C[C@@H](Nc1nc(C)nc2cc(=O)n(C3C[C@@H](C)N(C(C)=O)C3)cc12)c1cccc(C(F)F)c1F. The second-order valence-electron chi connectivity index (χ2n) is 8.76. The van der Waals surface area contributed by atoms with Gasteiger partial charge in [0, 0.05) is 37.3 Å². The number of anilines is 1. The monoisotopic (exact) mass is 485 g/mol. The Morgan fingerprint density at radius 1 is 1.29 bits per heavy atom. The summed E-state index contributed by atoms with van der Waals surface area (Å²) in [5.41, 5.74) is -0.572. The third-order valence-electron chi connectivity index (χ3n) is 6.38. The van der Waals surface area contributed by atoms with E-state index in [9.17, 15) is 22.8 Å². The number of carbonyl (C=O) groups excluding carboxylic acids is 1. The standard InChI is InChI=1S/C25H26F3N5O2/c1-5-20(17-7-6-8-18(23(17)26)24(27)28)31-25-19-12-33(16-9-13(2)32(11-16)15(4)34)22(35)10-21(19)29-14(3)30-25/h5-8,10,12-13,16,20,24H,1,9,11H2,2-4H3,(H,29,30,31)/t13-,16?,20-/m1/s1. The Bertz CT molecular complexity index is 1360. The molecule has 1 aromatic carbocycles. The predicted molar refractivity (Wildman–Crippen MR) is 127 cm³/mol. The molecule has 184 valence electrons. The number of halogens is 3. The van der Waals surface area contributed by atoms with E-state index in [-0.39, 0.29) is 29.1 Å². The highest BCUT2D eigenvalue weighted by molar-refractivity contribution is 5.88. The molecule has 1 aliphatic heterocycles. The van der Waals surface area contributed by atoms with Crippen LogP contribution in [0.5, 0.6) is 0 Å². The Kier molecular flexibility index (Phi) is 6.64. The lowest BCUT2D eigenvalue weighted by Gasteiger charge is -2.21. The first kappa shape index (κ1) is 24.4. The van der Waals surface area contributed by atoms with Crippen LogP contribution in [-0.4, -0.2) is 37.9 Å². The minimum absolute atomic E-state index is 0.00254. The first-order valence-electron chi connectivity index (χ1n) is 11.2. The maximum Gasteiger partial charge on any atom is 0.266 e. The lowest BCUT2D eigenvalue weighted by atomic mass is 10.0. The van der Waals surface area contributed by atoms with Crippen molar-refractivity contribution in [3.05, 3.63) is 76.2 Å². The van der Waals surface area contributed by atoms with Gasteiger partial charge in [-0.25, -0.2) is 23.1 Å². The van der Waals surface area contributed by atoms with Gasteiger partial charge in [0.15, 0.2) is 0 Å². The van der Waals surface area contributed by atoms with E-state index in [2.05, 4.69) is 21.9 Å². The van der Waals surface area contributed by atoms with Crippen LogP contribution in [0, 0.1) is 12.7 Å². The molecule has 2 aromatic heterocycles. The largest absolute Gasteiger partial charge is 0.359 e. The fraction of sp³-hybridized carbons (Fsp3) is 0.360. The number of nitrogens with zero attached hydrogens (tertiary/aromatic N) is 4. The number of likely N-dealkylation sites (tertiary alicyclic amines) is 1. The molecule has 1 fully saturated rings. The molecule has 1 saturated heterocycles. The van der Waals surface area contributed by atoms with E-state index < -0.39 is 23.8 Å². The van der Waals surface area contributed by atoms with Crippen LogP contribution in [0.3, 0.4) is 0 Å². The summed E-state index contributed by atoms with van der Waals surface area (Å²) in [5.74, 6) is -0.394. The number of hydrogen-bond donors (Lipinski definition) is 1. The highest BCUT2D eigenvalue weighted by Gasteiger charge is 2.32. The Morgan fingerprint density at radius 2 is 2.00 bits per heavy atom. The quantitative estimate of drug-likeness (QED) is 0.512. The van der Waals surface area contributed by atoms with E-state index in [1.165, 1.54) is 31.2 Å². The maximum atomic E-state index is 14.8. The predicted octanol–water partition coefficient (Wildman–Crippen LogP) is 4.70. The van der Waals surface area contributed by atoms with Crippen LogP contribution in [0.1, 0.15) is 55.7 Å². The molecular weight excluding hydrogens is 459 g/mol. The van der Waals surface area contributed by atoms with E-state index >= 15 is 0 Å². The molecule has 3 atom stereocenters. The number of carbonyl (C=O) groups is 1. The Hall–Kier alpha value is -3.69. The summed E-state index contributed by atoms with van der Waals surface area (Å²) in [5, 5.41) is 3.58. The molecule has 3 aromatic rings. The number of rotatable bonds is 6. The van der Waals surface area contributed by atoms with Crippen molar-refractivity contribution >= 4 is 22.6 Å². The van der Waals surface area contributed by atoms with Crippen LogP contribution in [0.25, 0.3) is 10.9 Å². The molecule has 0 spiro atoms. The molecule has 3 heterocycles. The van der Waals surface area contributed by atoms with Gasteiger partial charge in [-0.2, -0.15) is 0 Å². The van der Waals surface area contributed by atoms with Crippen molar-refractivity contribution in [2.45, 2.75) is 51.7 Å². The molecule has 7 nitrogen and oxygen atoms in total. The normalized spacial score (nSPS) is 18.8. The van der Waals surface area contributed by atoms with Gasteiger partial charge in [-0.05, 0) is 20.3 Å². The minimum Gasteiger partial charge on any atom is -0.359 e. The van der Waals surface area contributed by atoms with Crippen molar-refractivity contribution in [3.63, 3.8) is 0 Å². The van der Waals surface area contributed by atoms with Crippen LogP contribution >= 0.6 is 0 Å². The van der Waals surface area contributed by atoms with E-state index in [0.717, 1.165) is 6.07 Å². The first-order valence-corrected chi connectivity index (χ1v) is 11.2. The molecule has 1 unspecified atom stereocenters. The maximum absolute atomic E-state index is 14.8. The molecule has 4 rings (SSSR count). The van der Waals surface area contributed by atoms with Gasteiger partial charge in [0.25, 0.3) is 12.0 Å². The molecule has 10 heteroatoms. The summed E-state index contributed by atoms with van der Waals surface area (Å²) in [7, 11) is 0. The van der Waals surface area contributed by atoms with Crippen LogP contribution in [0.15, 0.2) is 47.9 Å². The summed E-state index contributed by atoms with van der Waals surface area (Å²) in [6.45, 7) is 9.21. The first-order chi connectivity index (χ1) is 16.6. The molecule has 35 heavy (non-hydrogen) atoms. The van der Waals surface area contributed by atoms with Crippen LogP contribution in [-0.2, 0) is 4.79 Å². The summed E-state index contributed by atoms with van der Waals surface area (Å²) in [4.78, 5) is 35.4. The third kappa shape index (κ3) is 4.65. The summed E-state index contributed by atoms with van der Waals surface area (Å²) in [6, 6.07) is 4.10. The molecule has 1 aliphatic rings. The Morgan fingerprint density at radius 3 is 2.63 bits per heavy atom. The number of nitrogens with one attached hydrogen (secondary N) is 1. The molecule has 0 aliphatic carbocycles. The van der Waals surface area contributed by atoms with E-state index in [4.69, 9.17) is 0 Å². The van der Waals surface area contributed by atoms with Gasteiger partial charge in [-0.3, -0.25) is 9.59 Å². The Balaban J connectivity index is 1.77. The lowest BCUT2D eigenvalue weighted by Crippen LogP contribution is -2.32. The smallest absolute Gasteiger partial charge is 0.266 e. The van der Waals surface area contributed by atoms with Crippen molar-refractivity contribution in [2.75, 3.05) is 11.9 Å². The molecule has 1 amide bonds. The van der Waals surface area contributed by atoms with E-state index in [1.807, 2.05) is 6.92 Å². The van der Waals surface area contributed by atoms with Gasteiger partial charge in [-0.15, -0.1) is 6.58 Å². The number of aryl methyl sites for hydroxylation is 1. The van der Waals surface area contributed by atoms with E-state index in [0.29, 0.717) is 35.5 Å². The molecule has 1 N–H and O–H groups in total. The van der Waals surface area contributed by atoms with Crippen molar-refractivity contribution in [1.82, 2.24) is 19.4 Å². The van der Waals surface area contributed by atoms with Gasteiger partial charge in [-0.1, -0.05) is 24.3 Å². The van der Waals surface area contributed by atoms with Crippen molar-refractivity contribution in [1.29, 1.82) is 0 Å². The molecule has 0 saturated carbocycles. The molecule has 0 bridgehead atoms. The zero-order valence-corrected chi connectivity index (χ0v) is 19.6. The van der Waals surface area contributed by atoms with E-state index in [1.54, 1.807) is 22.6 Å². The zero-order chi connectivity index (χ0) is 25.4. The van der Waals surface area contributed by atoms with Crippen molar-refractivity contribution in [2.24, 2.45) is 0 Å². The average molecular weight is 486 g/mol. The number of fused-ring (bicyclic) bond motifs is 1. The highest BCUT2D eigenvalue weighted by atomic mass is 19.3. The van der Waals surface area contributed by atoms with Crippen molar-refractivity contribution < 1.29 is 18.0 Å². The Labute approximate surface area is 200 Å². The number of hydrogen-bond acceptors (Lipinski definition) is 5. The van der Waals surface area contributed by atoms with Gasteiger partial charge >= 0.3 is 0 Å². The second kappa shape index (κ2) is 9.52. The number of alkyl halides is 2. The van der Waals surface area contributed by atoms with Gasteiger partial charge in [0.2, 0.25) is 5.91 Å². The van der Waals surface area contributed by atoms with Gasteiger partial charge in [0.1, 0.15) is 17.5 Å². The lowest BCUT2D eigenvalue weighted by molar-refractivity contribution is -0.129. The molecule has 0 radical (unpaired) electrons. The molecular formula is C25H26F3N5O2. The fourth-order valence-corrected chi connectivity index (χ4v) is 4.66. The van der Waals surface area contributed by atoms with Crippen LogP contribution < -0.4 is 10.9 Å².